The first-order valence-corrected chi connectivity index (χ1v) is 4.04. The Hall–Kier alpha value is -1.36. The summed E-state index contributed by atoms with van der Waals surface area (Å²) in [7, 11) is 3.01. The molecule has 0 fully saturated rings. The minimum atomic E-state index is -0.193. The van der Waals surface area contributed by atoms with E-state index in [2.05, 4.69) is 5.10 Å². The molecule has 1 rings (SSSR count). The van der Waals surface area contributed by atoms with Crippen LogP contribution in [0.25, 0.3) is 0 Å². The summed E-state index contributed by atoms with van der Waals surface area (Å²) in [6.07, 6.45) is 1.60. The van der Waals surface area contributed by atoms with E-state index in [4.69, 9.17) is 4.84 Å². The topological polar surface area (TPSA) is 47.4 Å². The molecular formula is C8H13N3O2. The van der Waals surface area contributed by atoms with Crippen molar-refractivity contribution in [2.24, 2.45) is 0 Å². The molecule has 13 heavy (non-hydrogen) atoms. The highest BCUT2D eigenvalue weighted by Crippen LogP contribution is 2.02. The standard InChI is InChI=1S/C8H13N3O2/c1-4-11-7(5-6-9-11)8(12)10(2)13-3/h5-6H,4H2,1-3H3. The van der Waals surface area contributed by atoms with E-state index in [0.29, 0.717) is 12.2 Å². The van der Waals surface area contributed by atoms with Crippen LogP contribution in [0.4, 0.5) is 0 Å². The molecule has 0 radical (unpaired) electrons. The fourth-order valence-corrected chi connectivity index (χ4v) is 1.01. The van der Waals surface area contributed by atoms with Gasteiger partial charge in [0, 0.05) is 19.8 Å². The lowest BCUT2D eigenvalue weighted by atomic mass is 10.4. The molecule has 72 valence electrons. The van der Waals surface area contributed by atoms with E-state index >= 15 is 0 Å². The van der Waals surface area contributed by atoms with Crippen LogP contribution in [0.3, 0.4) is 0 Å². The van der Waals surface area contributed by atoms with Crippen molar-refractivity contribution in [3.8, 4) is 0 Å². The highest BCUT2D eigenvalue weighted by Gasteiger charge is 2.15. The first-order chi connectivity index (χ1) is 6.20. The summed E-state index contributed by atoms with van der Waals surface area (Å²) in [4.78, 5) is 16.3. The van der Waals surface area contributed by atoms with E-state index in [-0.39, 0.29) is 5.91 Å². The van der Waals surface area contributed by atoms with Crippen molar-refractivity contribution in [1.29, 1.82) is 0 Å². The number of nitrogens with zero attached hydrogens (tertiary/aromatic N) is 3. The molecule has 0 aliphatic rings. The molecule has 0 saturated carbocycles. The number of hydrogen-bond donors (Lipinski definition) is 0. The Labute approximate surface area is 76.9 Å². The van der Waals surface area contributed by atoms with E-state index in [9.17, 15) is 4.79 Å². The van der Waals surface area contributed by atoms with Gasteiger partial charge in [-0.3, -0.25) is 14.3 Å². The van der Waals surface area contributed by atoms with Gasteiger partial charge in [0.25, 0.3) is 5.91 Å². The van der Waals surface area contributed by atoms with E-state index in [1.54, 1.807) is 24.0 Å². The summed E-state index contributed by atoms with van der Waals surface area (Å²) in [6, 6.07) is 1.67. The number of carbonyl (C=O) groups is 1. The molecule has 1 amide bonds. The predicted molar refractivity (Wildman–Crippen MR) is 47.0 cm³/mol. The Kier molecular flexibility index (Phi) is 3.02. The maximum absolute atomic E-state index is 11.6. The van der Waals surface area contributed by atoms with Gasteiger partial charge in [-0.05, 0) is 13.0 Å². The second-order valence-corrected chi connectivity index (χ2v) is 2.52. The lowest BCUT2D eigenvalue weighted by Gasteiger charge is -2.13. The summed E-state index contributed by atoms with van der Waals surface area (Å²) >= 11 is 0. The number of hydroxylamine groups is 2. The third kappa shape index (κ3) is 1.86. The van der Waals surface area contributed by atoms with Crippen molar-refractivity contribution >= 4 is 5.91 Å². The van der Waals surface area contributed by atoms with Crippen molar-refractivity contribution in [3.05, 3.63) is 18.0 Å². The third-order valence-corrected chi connectivity index (χ3v) is 1.80. The second-order valence-electron chi connectivity index (χ2n) is 2.52. The second kappa shape index (κ2) is 4.04. The minimum Gasteiger partial charge on any atom is -0.274 e. The van der Waals surface area contributed by atoms with Crippen LogP contribution >= 0.6 is 0 Å². The zero-order valence-electron chi connectivity index (χ0n) is 8.02. The van der Waals surface area contributed by atoms with Crippen LogP contribution in [0.1, 0.15) is 17.4 Å². The van der Waals surface area contributed by atoms with Crippen molar-refractivity contribution in [1.82, 2.24) is 14.8 Å². The summed E-state index contributed by atoms with van der Waals surface area (Å²) in [5.41, 5.74) is 0.534. The van der Waals surface area contributed by atoms with Gasteiger partial charge < -0.3 is 0 Å². The lowest BCUT2D eigenvalue weighted by Crippen LogP contribution is -2.27. The molecule has 0 aromatic carbocycles. The number of amides is 1. The number of hydrogen-bond acceptors (Lipinski definition) is 3. The number of aromatic nitrogens is 2. The molecule has 5 nitrogen and oxygen atoms in total. The van der Waals surface area contributed by atoms with Crippen LogP contribution in [-0.2, 0) is 11.4 Å². The maximum atomic E-state index is 11.6. The van der Waals surface area contributed by atoms with Crippen LogP contribution < -0.4 is 0 Å². The van der Waals surface area contributed by atoms with Gasteiger partial charge in [0.1, 0.15) is 5.69 Å². The predicted octanol–water partition coefficient (Wildman–Crippen LogP) is 0.536. The Morgan fingerprint density at radius 2 is 2.46 bits per heavy atom. The van der Waals surface area contributed by atoms with Gasteiger partial charge in [-0.2, -0.15) is 5.10 Å². The Morgan fingerprint density at radius 3 is 3.00 bits per heavy atom. The fraction of sp³-hybridized carbons (Fsp3) is 0.500. The largest absolute Gasteiger partial charge is 0.295 e. The summed E-state index contributed by atoms with van der Waals surface area (Å²) in [5.74, 6) is -0.193. The zero-order valence-corrected chi connectivity index (χ0v) is 8.02. The molecule has 5 heteroatoms. The smallest absolute Gasteiger partial charge is 0.274 e. The van der Waals surface area contributed by atoms with Crippen molar-refractivity contribution in [2.45, 2.75) is 13.5 Å². The molecule has 1 aromatic rings. The number of carbonyl (C=O) groups excluding carboxylic acids is 1. The van der Waals surface area contributed by atoms with E-state index < -0.39 is 0 Å². The molecule has 0 saturated heterocycles. The average Bonchev–Trinajstić information content (AvgIpc) is 2.62. The molecule has 0 N–H and O–H groups in total. The van der Waals surface area contributed by atoms with Crippen LogP contribution in [-0.4, -0.2) is 34.9 Å². The van der Waals surface area contributed by atoms with Crippen LogP contribution in [0, 0.1) is 0 Å². The molecule has 0 bridgehead atoms. The summed E-state index contributed by atoms with van der Waals surface area (Å²) < 4.78 is 1.62. The van der Waals surface area contributed by atoms with Gasteiger partial charge in [-0.25, -0.2) is 5.06 Å². The summed E-state index contributed by atoms with van der Waals surface area (Å²) in [5, 5.41) is 5.16. The van der Waals surface area contributed by atoms with Gasteiger partial charge in [0.05, 0.1) is 7.11 Å². The maximum Gasteiger partial charge on any atom is 0.295 e. The van der Waals surface area contributed by atoms with Crippen LogP contribution in [0.2, 0.25) is 0 Å². The minimum absolute atomic E-state index is 0.193. The van der Waals surface area contributed by atoms with Crippen molar-refractivity contribution < 1.29 is 9.63 Å². The first-order valence-electron chi connectivity index (χ1n) is 4.04. The van der Waals surface area contributed by atoms with Gasteiger partial charge in [0.15, 0.2) is 0 Å². The van der Waals surface area contributed by atoms with E-state index in [1.807, 2.05) is 6.92 Å². The SMILES string of the molecule is CCn1nccc1C(=O)N(C)OC. The molecular weight excluding hydrogens is 170 g/mol. The van der Waals surface area contributed by atoms with Crippen molar-refractivity contribution in [2.75, 3.05) is 14.2 Å². The molecule has 0 aliphatic heterocycles. The van der Waals surface area contributed by atoms with Gasteiger partial charge in [-0.15, -0.1) is 0 Å². The Balaban J connectivity index is 2.88. The van der Waals surface area contributed by atoms with Gasteiger partial charge in [0.2, 0.25) is 0 Å². The Morgan fingerprint density at radius 1 is 1.77 bits per heavy atom. The summed E-state index contributed by atoms with van der Waals surface area (Å²) in [6.45, 7) is 2.60. The van der Waals surface area contributed by atoms with E-state index in [1.165, 1.54) is 12.2 Å². The van der Waals surface area contributed by atoms with Crippen molar-refractivity contribution in [3.63, 3.8) is 0 Å². The van der Waals surface area contributed by atoms with E-state index in [0.717, 1.165) is 0 Å². The normalized spacial score (nSPS) is 10.1. The quantitative estimate of drug-likeness (QED) is 0.642. The lowest BCUT2D eigenvalue weighted by molar-refractivity contribution is -0.0763. The Bertz CT molecular complexity index is 295. The van der Waals surface area contributed by atoms with Gasteiger partial charge in [-0.1, -0.05) is 0 Å². The molecule has 0 unspecified atom stereocenters. The molecule has 0 atom stereocenters. The molecule has 1 heterocycles. The fourth-order valence-electron chi connectivity index (χ4n) is 1.01. The highest BCUT2D eigenvalue weighted by atomic mass is 16.7. The zero-order chi connectivity index (χ0) is 9.84. The van der Waals surface area contributed by atoms with Crippen LogP contribution in [0.15, 0.2) is 12.3 Å². The highest BCUT2D eigenvalue weighted by molar-refractivity contribution is 5.91. The third-order valence-electron chi connectivity index (χ3n) is 1.80. The number of aryl methyl sites for hydroxylation is 1. The first kappa shape index (κ1) is 9.73. The number of rotatable bonds is 3. The molecule has 1 aromatic heterocycles. The van der Waals surface area contributed by atoms with Crippen LogP contribution in [0.5, 0.6) is 0 Å². The van der Waals surface area contributed by atoms with Gasteiger partial charge >= 0.3 is 0 Å². The molecule has 0 aliphatic carbocycles. The average molecular weight is 183 g/mol. The monoisotopic (exact) mass is 183 g/mol. The molecule has 0 spiro atoms.